The maximum Gasteiger partial charge on any atom is 0.303 e. The molecule has 160 valence electrons. The number of benzene rings is 1. The van der Waals surface area contributed by atoms with Crippen LogP contribution >= 0.6 is 24.0 Å². The maximum absolute atomic E-state index is 12.6. The zero-order valence-electron chi connectivity index (χ0n) is 17.1. The molecule has 0 unspecified atom stereocenters. The van der Waals surface area contributed by atoms with Crippen LogP contribution in [0.25, 0.3) is 6.08 Å². The summed E-state index contributed by atoms with van der Waals surface area (Å²) >= 11 is 6.61. The molecule has 2 atom stereocenters. The van der Waals surface area contributed by atoms with Crippen LogP contribution in [0.5, 0.6) is 0 Å². The van der Waals surface area contributed by atoms with E-state index in [-0.39, 0.29) is 12.3 Å². The molecule has 1 aromatic rings. The molecular weight excluding hydrogens is 416 g/mol. The van der Waals surface area contributed by atoms with E-state index in [1.807, 2.05) is 6.08 Å². The summed E-state index contributed by atoms with van der Waals surface area (Å²) in [5.41, 5.74) is 2.25. The van der Waals surface area contributed by atoms with Crippen LogP contribution in [0.15, 0.2) is 29.2 Å². The summed E-state index contributed by atoms with van der Waals surface area (Å²) in [7, 11) is 0. The quantitative estimate of drug-likeness (QED) is 0.504. The van der Waals surface area contributed by atoms with E-state index in [4.69, 9.17) is 17.3 Å². The van der Waals surface area contributed by atoms with Gasteiger partial charge in [0.05, 0.1) is 4.91 Å². The number of piperidine rings is 1. The zero-order valence-corrected chi connectivity index (χ0v) is 18.7. The molecule has 5 nitrogen and oxygen atoms in total. The Kier molecular flexibility index (Phi) is 6.78. The monoisotopic (exact) mass is 444 g/mol. The Labute approximate surface area is 187 Å². The second kappa shape index (κ2) is 9.52. The van der Waals surface area contributed by atoms with Gasteiger partial charge in [0.2, 0.25) is 0 Å². The van der Waals surface area contributed by atoms with E-state index in [0.717, 1.165) is 23.9 Å². The van der Waals surface area contributed by atoms with Crippen LogP contribution in [0, 0.1) is 11.8 Å². The Morgan fingerprint density at radius 1 is 1.17 bits per heavy atom. The third-order valence-electron chi connectivity index (χ3n) is 6.49. The molecule has 30 heavy (non-hydrogen) atoms. The third kappa shape index (κ3) is 4.89. The van der Waals surface area contributed by atoms with Crippen molar-refractivity contribution in [2.24, 2.45) is 11.8 Å². The van der Waals surface area contributed by atoms with E-state index < -0.39 is 5.97 Å². The molecule has 1 saturated carbocycles. The molecule has 1 aromatic carbocycles. The van der Waals surface area contributed by atoms with Gasteiger partial charge in [-0.1, -0.05) is 55.4 Å². The molecule has 0 spiro atoms. The Hall–Kier alpha value is -1.86. The lowest BCUT2D eigenvalue weighted by atomic mass is 9.75. The van der Waals surface area contributed by atoms with Crippen LogP contribution in [0.3, 0.4) is 0 Å². The number of carboxylic acids is 1. The molecule has 2 aliphatic heterocycles. The number of thioether (sulfide) groups is 1. The Morgan fingerprint density at radius 3 is 2.63 bits per heavy atom. The summed E-state index contributed by atoms with van der Waals surface area (Å²) in [6.07, 6.45) is 9.19. The van der Waals surface area contributed by atoms with Crippen LogP contribution in [-0.4, -0.2) is 45.8 Å². The summed E-state index contributed by atoms with van der Waals surface area (Å²) in [6, 6.07) is 8.45. The lowest BCUT2D eigenvalue weighted by Gasteiger charge is -2.42. The fraction of sp³-hybridized carbons (Fsp3) is 0.522. The minimum atomic E-state index is -0.858. The van der Waals surface area contributed by atoms with Crippen molar-refractivity contribution in [3.05, 3.63) is 34.7 Å². The van der Waals surface area contributed by atoms with Crippen molar-refractivity contribution in [2.75, 3.05) is 24.5 Å². The van der Waals surface area contributed by atoms with Crippen LogP contribution < -0.4 is 4.90 Å². The third-order valence-corrected chi connectivity index (χ3v) is 7.87. The van der Waals surface area contributed by atoms with Crippen molar-refractivity contribution >= 4 is 51.9 Å². The molecule has 0 bridgehead atoms. The highest BCUT2D eigenvalue weighted by Crippen LogP contribution is 2.38. The molecule has 7 heteroatoms. The first kappa shape index (κ1) is 21.4. The maximum atomic E-state index is 12.6. The Balaban J connectivity index is 1.38. The number of aliphatic carboxylic acids is 1. The number of amides is 1. The van der Waals surface area contributed by atoms with Crippen LogP contribution in [0.2, 0.25) is 0 Å². The second-order valence-electron chi connectivity index (χ2n) is 8.46. The molecule has 3 fully saturated rings. The first-order valence-electron chi connectivity index (χ1n) is 10.8. The predicted molar refractivity (Wildman–Crippen MR) is 125 cm³/mol. The summed E-state index contributed by atoms with van der Waals surface area (Å²) < 4.78 is 0.503. The molecule has 3 aliphatic rings. The number of fused-ring (bicyclic) bond motifs is 1. The molecule has 0 radical (unpaired) electrons. The summed E-state index contributed by atoms with van der Waals surface area (Å²) in [4.78, 5) is 28.0. The number of carbonyl (C=O) groups is 2. The molecule has 2 heterocycles. The van der Waals surface area contributed by atoms with Crippen LogP contribution in [-0.2, 0) is 9.59 Å². The van der Waals surface area contributed by atoms with Gasteiger partial charge in [-0.3, -0.25) is 14.5 Å². The molecule has 1 aliphatic carbocycles. The van der Waals surface area contributed by atoms with E-state index in [1.165, 1.54) is 61.0 Å². The summed E-state index contributed by atoms with van der Waals surface area (Å²) in [5, 5.41) is 8.78. The van der Waals surface area contributed by atoms with Crippen LogP contribution in [0.4, 0.5) is 5.69 Å². The van der Waals surface area contributed by atoms with Gasteiger partial charge in [-0.15, -0.1) is 0 Å². The molecule has 1 amide bonds. The smallest absolute Gasteiger partial charge is 0.303 e. The average molecular weight is 445 g/mol. The van der Waals surface area contributed by atoms with Gasteiger partial charge in [-0.2, -0.15) is 0 Å². The number of thiocarbonyl (C=S) groups is 1. The van der Waals surface area contributed by atoms with Crippen molar-refractivity contribution in [1.82, 2.24) is 4.90 Å². The van der Waals surface area contributed by atoms with Gasteiger partial charge in [0, 0.05) is 31.7 Å². The van der Waals surface area contributed by atoms with E-state index in [2.05, 4.69) is 29.2 Å². The van der Waals surface area contributed by atoms with Gasteiger partial charge in [-0.05, 0) is 54.9 Å². The lowest BCUT2D eigenvalue weighted by molar-refractivity contribution is -0.137. The first-order valence-corrected chi connectivity index (χ1v) is 12.1. The topological polar surface area (TPSA) is 60.9 Å². The number of rotatable bonds is 6. The normalized spacial score (nSPS) is 25.7. The molecule has 1 N–H and O–H groups in total. The standard InChI is InChI=1S/C23H28N2O3S2/c26-21(27)6-3-12-25-22(28)20(30-23(25)29)14-16-7-9-19(10-8-16)24-13-11-17-4-1-2-5-18(17)15-24/h7-10,14,17-18H,1-6,11-13,15H2,(H,26,27)/b20-14-/t17-,18+/m0/s1. The molecule has 4 rings (SSSR count). The predicted octanol–water partition coefficient (Wildman–Crippen LogP) is 4.77. The first-order chi connectivity index (χ1) is 14.5. The van der Waals surface area contributed by atoms with Crippen molar-refractivity contribution in [3.63, 3.8) is 0 Å². The summed E-state index contributed by atoms with van der Waals surface area (Å²) in [5.74, 6) is 0.782. The number of carbonyl (C=O) groups excluding carboxylic acids is 1. The second-order valence-corrected chi connectivity index (χ2v) is 10.1. The zero-order chi connectivity index (χ0) is 21.1. The van der Waals surface area contributed by atoms with Crippen molar-refractivity contribution in [3.8, 4) is 0 Å². The van der Waals surface area contributed by atoms with E-state index in [1.54, 1.807) is 0 Å². The fourth-order valence-corrected chi connectivity index (χ4v) is 6.16. The van der Waals surface area contributed by atoms with Gasteiger partial charge in [0.15, 0.2) is 0 Å². The van der Waals surface area contributed by atoms with Gasteiger partial charge < -0.3 is 10.0 Å². The summed E-state index contributed by atoms with van der Waals surface area (Å²) in [6.45, 7) is 2.65. The van der Waals surface area contributed by atoms with Gasteiger partial charge in [0.25, 0.3) is 5.91 Å². The Bertz CT molecular complexity index is 853. The number of carboxylic acid groups (broad SMARTS) is 1. The highest BCUT2D eigenvalue weighted by molar-refractivity contribution is 8.26. The lowest BCUT2D eigenvalue weighted by Crippen LogP contribution is -2.41. The number of hydrogen-bond acceptors (Lipinski definition) is 5. The Morgan fingerprint density at radius 2 is 1.90 bits per heavy atom. The SMILES string of the molecule is O=C(O)CCCN1C(=O)/C(=C/c2ccc(N3CC[C@@H]4CCCC[C@@H]4C3)cc2)SC1=S. The van der Waals surface area contributed by atoms with Gasteiger partial charge >= 0.3 is 5.97 Å². The number of nitrogens with zero attached hydrogens (tertiary/aromatic N) is 2. The highest BCUT2D eigenvalue weighted by atomic mass is 32.2. The fourth-order valence-electron chi connectivity index (χ4n) is 4.85. The van der Waals surface area contributed by atoms with E-state index >= 15 is 0 Å². The molecule has 2 saturated heterocycles. The van der Waals surface area contributed by atoms with Gasteiger partial charge in [-0.25, -0.2) is 0 Å². The van der Waals surface area contributed by atoms with Crippen molar-refractivity contribution < 1.29 is 14.7 Å². The van der Waals surface area contributed by atoms with Crippen LogP contribution in [0.1, 0.15) is 50.5 Å². The minimum Gasteiger partial charge on any atom is -0.481 e. The highest BCUT2D eigenvalue weighted by Gasteiger charge is 2.32. The number of hydrogen-bond donors (Lipinski definition) is 1. The van der Waals surface area contributed by atoms with E-state index in [0.29, 0.717) is 22.2 Å². The minimum absolute atomic E-state index is 0.0374. The number of anilines is 1. The van der Waals surface area contributed by atoms with Crippen molar-refractivity contribution in [1.29, 1.82) is 0 Å². The van der Waals surface area contributed by atoms with Gasteiger partial charge in [0.1, 0.15) is 4.32 Å². The average Bonchev–Trinajstić information content (AvgIpc) is 3.01. The molecule has 0 aromatic heterocycles. The van der Waals surface area contributed by atoms with Crippen molar-refractivity contribution in [2.45, 2.75) is 44.9 Å². The largest absolute Gasteiger partial charge is 0.481 e. The molecular formula is C23H28N2O3S2. The van der Waals surface area contributed by atoms with E-state index in [9.17, 15) is 9.59 Å².